The fraction of sp³-hybridized carbons (Fsp3) is 0.333. The molecule has 4 unspecified atom stereocenters. The fourth-order valence-corrected chi connectivity index (χ4v) is 8.98. The molecule has 0 aliphatic heterocycles. The standard InChI is InChI=1S/C22H26O3.C20H16Br2O/c1-13-11-17-15(21(13)23-3)7-5-9-19(17)25-20-10-6-8-16-18(20)12-14(2)22(16)24-4;1-11-7-13-15(9-11)19(5-3-17(13)21)23-20-6-4-18(22)14-8-12(2)10-16(14)20/h5-10,13-14,21-22H,11-12H2,1-4H3;3-8H,9-10H2,1-2H3. The van der Waals surface area contributed by atoms with E-state index in [0.29, 0.717) is 11.8 Å². The van der Waals surface area contributed by atoms with Gasteiger partial charge in [0.1, 0.15) is 23.0 Å². The maximum Gasteiger partial charge on any atom is 0.131 e. The molecule has 0 amide bonds. The minimum absolute atomic E-state index is 0.165. The molecule has 0 heterocycles. The van der Waals surface area contributed by atoms with Gasteiger partial charge in [0.15, 0.2) is 0 Å². The normalized spacial score (nSPS) is 21.4. The third-order valence-corrected chi connectivity index (χ3v) is 11.6. The number of fused-ring (bicyclic) bond motifs is 4. The van der Waals surface area contributed by atoms with E-state index in [2.05, 4.69) is 132 Å². The number of ether oxygens (including phenoxy) is 4. The highest BCUT2D eigenvalue weighted by molar-refractivity contribution is 9.10. The van der Waals surface area contributed by atoms with Crippen molar-refractivity contribution in [3.63, 3.8) is 0 Å². The van der Waals surface area contributed by atoms with Gasteiger partial charge in [-0.1, -0.05) is 93.3 Å². The average molecular weight is 771 g/mol. The molecule has 4 aliphatic rings. The first-order valence-electron chi connectivity index (χ1n) is 16.8. The van der Waals surface area contributed by atoms with Crippen LogP contribution >= 0.6 is 31.9 Å². The predicted molar refractivity (Wildman–Crippen MR) is 201 cm³/mol. The van der Waals surface area contributed by atoms with Crippen molar-refractivity contribution in [1.29, 1.82) is 0 Å². The van der Waals surface area contributed by atoms with Crippen LogP contribution in [0.1, 0.15) is 84.4 Å². The zero-order valence-corrected chi connectivity index (χ0v) is 31.6. The molecule has 0 bridgehead atoms. The van der Waals surface area contributed by atoms with Gasteiger partial charge in [0.25, 0.3) is 0 Å². The molecule has 0 radical (unpaired) electrons. The van der Waals surface area contributed by atoms with Crippen molar-refractivity contribution in [2.24, 2.45) is 11.8 Å². The van der Waals surface area contributed by atoms with Gasteiger partial charge in [0.2, 0.25) is 0 Å². The van der Waals surface area contributed by atoms with Crippen LogP contribution in [0.5, 0.6) is 23.0 Å². The summed E-state index contributed by atoms with van der Waals surface area (Å²) in [6, 6.07) is 20.9. The monoisotopic (exact) mass is 768 g/mol. The van der Waals surface area contributed by atoms with Crippen molar-refractivity contribution in [1.82, 2.24) is 0 Å². The van der Waals surface area contributed by atoms with Crippen molar-refractivity contribution < 1.29 is 18.9 Å². The Morgan fingerprint density at radius 1 is 0.542 bits per heavy atom. The molecule has 4 aliphatic carbocycles. The number of allylic oxidation sites excluding steroid dienone is 2. The van der Waals surface area contributed by atoms with E-state index < -0.39 is 0 Å². The van der Waals surface area contributed by atoms with Gasteiger partial charge in [0, 0.05) is 45.4 Å². The Kier molecular flexibility index (Phi) is 9.47. The number of benzene rings is 4. The molecule has 0 spiro atoms. The lowest BCUT2D eigenvalue weighted by Crippen LogP contribution is -2.05. The summed E-state index contributed by atoms with van der Waals surface area (Å²) < 4.78 is 26.5. The number of hydrogen-bond acceptors (Lipinski definition) is 4. The largest absolute Gasteiger partial charge is 0.457 e. The number of rotatable bonds is 6. The molecular weight excluding hydrogens is 728 g/mol. The second-order valence-electron chi connectivity index (χ2n) is 13.7. The molecule has 4 aromatic carbocycles. The summed E-state index contributed by atoms with van der Waals surface area (Å²) in [4.78, 5) is 0. The molecule has 248 valence electrons. The Morgan fingerprint density at radius 3 is 1.33 bits per heavy atom. The third kappa shape index (κ3) is 6.10. The Morgan fingerprint density at radius 2 is 0.938 bits per heavy atom. The highest BCUT2D eigenvalue weighted by atomic mass is 79.9. The van der Waals surface area contributed by atoms with E-state index in [1.807, 2.05) is 0 Å². The summed E-state index contributed by atoms with van der Waals surface area (Å²) in [5.41, 5.74) is 12.9. The lowest BCUT2D eigenvalue weighted by Gasteiger charge is -2.16. The van der Waals surface area contributed by atoms with Gasteiger partial charge >= 0.3 is 0 Å². The molecule has 0 saturated heterocycles. The molecule has 4 atom stereocenters. The number of methoxy groups -OCH3 is 2. The average Bonchev–Trinajstić information content (AvgIpc) is 3.83. The van der Waals surface area contributed by atoms with Gasteiger partial charge in [-0.15, -0.1) is 0 Å². The minimum Gasteiger partial charge on any atom is -0.457 e. The fourth-order valence-electron chi connectivity index (χ4n) is 8.01. The van der Waals surface area contributed by atoms with E-state index in [1.54, 1.807) is 14.2 Å². The van der Waals surface area contributed by atoms with Gasteiger partial charge < -0.3 is 18.9 Å². The van der Waals surface area contributed by atoms with Gasteiger partial charge in [-0.3, -0.25) is 0 Å². The van der Waals surface area contributed by atoms with Crippen LogP contribution in [0.2, 0.25) is 0 Å². The van der Waals surface area contributed by atoms with Crippen LogP contribution < -0.4 is 9.47 Å². The van der Waals surface area contributed by atoms with Crippen LogP contribution in [0.3, 0.4) is 0 Å². The molecule has 0 N–H and O–H groups in total. The van der Waals surface area contributed by atoms with E-state index in [-0.39, 0.29) is 12.2 Å². The van der Waals surface area contributed by atoms with Crippen molar-refractivity contribution in [2.75, 3.05) is 14.2 Å². The summed E-state index contributed by atoms with van der Waals surface area (Å²) in [5.74, 6) is 4.81. The van der Waals surface area contributed by atoms with Crippen LogP contribution in [0.25, 0.3) is 12.2 Å². The SMILES string of the molecule is CC1=Cc2c(Br)ccc(Oc3ccc(Br)c4c3CC(C)=C4)c2C1.COC1c2cccc(Oc3cccc4c3CC(C)C4OC)c2CC1C. The highest BCUT2D eigenvalue weighted by Gasteiger charge is 2.34. The number of hydrogen-bond donors (Lipinski definition) is 0. The molecular formula is C42H42Br2O4. The van der Waals surface area contributed by atoms with E-state index in [1.165, 1.54) is 55.7 Å². The van der Waals surface area contributed by atoms with Crippen molar-refractivity contribution >= 4 is 44.0 Å². The van der Waals surface area contributed by atoms with Crippen molar-refractivity contribution in [3.05, 3.63) is 125 Å². The quantitative estimate of drug-likeness (QED) is 0.196. The van der Waals surface area contributed by atoms with E-state index in [0.717, 1.165) is 57.6 Å². The summed E-state index contributed by atoms with van der Waals surface area (Å²) in [6.45, 7) is 8.81. The number of halogens is 2. The van der Waals surface area contributed by atoms with Gasteiger partial charge in [-0.25, -0.2) is 0 Å². The zero-order valence-electron chi connectivity index (χ0n) is 28.5. The van der Waals surface area contributed by atoms with E-state index in [4.69, 9.17) is 18.9 Å². The van der Waals surface area contributed by atoms with Crippen LogP contribution in [0.4, 0.5) is 0 Å². The topological polar surface area (TPSA) is 36.9 Å². The molecule has 0 saturated carbocycles. The second kappa shape index (κ2) is 13.6. The van der Waals surface area contributed by atoms with E-state index in [9.17, 15) is 0 Å². The lowest BCUT2D eigenvalue weighted by atomic mass is 10.1. The maximum absolute atomic E-state index is 6.44. The molecule has 6 heteroatoms. The lowest BCUT2D eigenvalue weighted by molar-refractivity contribution is 0.0695. The smallest absolute Gasteiger partial charge is 0.131 e. The molecule has 0 aromatic heterocycles. The Hall–Kier alpha value is -3.16. The Balaban J connectivity index is 0.000000152. The summed E-state index contributed by atoms with van der Waals surface area (Å²) in [5, 5.41) is 0. The molecule has 4 aromatic rings. The minimum atomic E-state index is 0.165. The highest BCUT2D eigenvalue weighted by Crippen LogP contribution is 2.47. The van der Waals surface area contributed by atoms with Gasteiger partial charge in [-0.05, 0) is 110 Å². The van der Waals surface area contributed by atoms with Gasteiger partial charge in [-0.2, -0.15) is 0 Å². The molecule has 0 fully saturated rings. The first kappa shape index (κ1) is 33.3. The van der Waals surface area contributed by atoms with Gasteiger partial charge in [0.05, 0.1) is 12.2 Å². The first-order chi connectivity index (χ1) is 23.2. The molecule has 8 rings (SSSR count). The summed E-state index contributed by atoms with van der Waals surface area (Å²) >= 11 is 7.29. The zero-order chi connectivity index (χ0) is 33.7. The Bertz CT molecular complexity index is 1820. The van der Waals surface area contributed by atoms with Crippen molar-refractivity contribution in [2.45, 2.75) is 65.6 Å². The molecule has 48 heavy (non-hydrogen) atoms. The first-order valence-corrected chi connectivity index (χ1v) is 18.4. The summed E-state index contributed by atoms with van der Waals surface area (Å²) in [6.07, 6.45) is 8.72. The van der Waals surface area contributed by atoms with Crippen LogP contribution in [-0.4, -0.2) is 14.2 Å². The van der Waals surface area contributed by atoms with E-state index >= 15 is 0 Å². The van der Waals surface area contributed by atoms with Crippen LogP contribution in [0, 0.1) is 11.8 Å². The predicted octanol–water partition coefficient (Wildman–Crippen LogP) is 12.2. The van der Waals surface area contributed by atoms with Crippen LogP contribution in [0.15, 0.2) is 80.8 Å². The van der Waals surface area contributed by atoms with Crippen LogP contribution in [-0.2, 0) is 35.2 Å². The third-order valence-electron chi connectivity index (χ3n) is 10.2. The van der Waals surface area contributed by atoms with Crippen molar-refractivity contribution in [3.8, 4) is 23.0 Å². The molecule has 4 nitrogen and oxygen atoms in total. The second-order valence-corrected chi connectivity index (χ2v) is 15.4. The Labute approximate surface area is 301 Å². The maximum atomic E-state index is 6.44. The summed E-state index contributed by atoms with van der Waals surface area (Å²) in [7, 11) is 3.58.